The molecule has 7 nitrogen and oxygen atoms in total. The molecule has 1 N–H and O–H groups in total. The molecule has 0 aromatic heterocycles. The van der Waals surface area contributed by atoms with Gasteiger partial charge in [0.2, 0.25) is 0 Å². The van der Waals surface area contributed by atoms with Gasteiger partial charge < -0.3 is 19.0 Å². The van der Waals surface area contributed by atoms with Crippen LogP contribution < -0.4 is 9.42 Å². The van der Waals surface area contributed by atoms with Gasteiger partial charge in [-0.05, 0) is 63.0 Å². The van der Waals surface area contributed by atoms with Crippen LogP contribution in [0.4, 0.5) is 0 Å². The SMILES string of the molecule is CCCC1C2=C(CCCC2)C2CCCC1C21OOC1(OC)c1cccc(OP(=O)([O-])O)c1. The van der Waals surface area contributed by atoms with Crippen LogP contribution >= 0.6 is 7.82 Å². The van der Waals surface area contributed by atoms with Gasteiger partial charge in [-0.25, -0.2) is 4.89 Å². The Hall–Kier alpha value is -1.21. The Balaban J connectivity index is 1.63. The van der Waals surface area contributed by atoms with E-state index in [0.29, 0.717) is 11.5 Å². The molecule has 1 aromatic rings. The van der Waals surface area contributed by atoms with E-state index in [9.17, 15) is 14.4 Å². The lowest BCUT2D eigenvalue weighted by Crippen LogP contribution is -2.75. The van der Waals surface area contributed by atoms with Gasteiger partial charge in [-0.1, -0.05) is 43.0 Å². The third kappa shape index (κ3) is 3.24. The normalized spacial score (nSPS) is 38.1. The fraction of sp³-hybridized carbons (Fsp3) is 0.667. The van der Waals surface area contributed by atoms with Crippen LogP contribution in [0, 0.1) is 17.8 Å². The Morgan fingerprint density at radius 2 is 1.97 bits per heavy atom. The first-order valence-corrected chi connectivity index (χ1v) is 13.3. The van der Waals surface area contributed by atoms with Crippen molar-refractivity contribution in [3.05, 3.63) is 41.0 Å². The summed E-state index contributed by atoms with van der Waals surface area (Å²) in [6.45, 7) is 2.24. The van der Waals surface area contributed by atoms with Gasteiger partial charge in [-0.15, -0.1) is 0 Å². The number of fused-ring (bicyclic) bond motifs is 1. The summed E-state index contributed by atoms with van der Waals surface area (Å²) < 4.78 is 22.2. The molecule has 32 heavy (non-hydrogen) atoms. The minimum absolute atomic E-state index is 0.0223. The minimum Gasteiger partial charge on any atom is -0.746 e. The van der Waals surface area contributed by atoms with Crippen LogP contribution in [0.25, 0.3) is 0 Å². The van der Waals surface area contributed by atoms with E-state index in [0.717, 1.165) is 38.5 Å². The average Bonchev–Trinajstić information content (AvgIpc) is 2.75. The van der Waals surface area contributed by atoms with Crippen molar-refractivity contribution < 1.29 is 33.4 Å². The summed E-state index contributed by atoms with van der Waals surface area (Å²) >= 11 is 0. The molecule has 1 aromatic carbocycles. The van der Waals surface area contributed by atoms with Gasteiger partial charge in [0.1, 0.15) is 5.75 Å². The van der Waals surface area contributed by atoms with Gasteiger partial charge in [-0.3, -0.25) is 4.57 Å². The fourth-order valence-electron chi connectivity index (χ4n) is 7.15. The summed E-state index contributed by atoms with van der Waals surface area (Å²) in [7, 11) is -3.30. The number of rotatable bonds is 6. The van der Waals surface area contributed by atoms with Crippen LogP contribution in [0.15, 0.2) is 35.4 Å². The van der Waals surface area contributed by atoms with Crippen molar-refractivity contribution in [2.45, 2.75) is 76.1 Å². The van der Waals surface area contributed by atoms with E-state index < -0.39 is 19.2 Å². The molecule has 2 bridgehead atoms. The van der Waals surface area contributed by atoms with E-state index in [2.05, 4.69) is 6.92 Å². The van der Waals surface area contributed by atoms with E-state index in [1.165, 1.54) is 25.3 Å². The number of hydrogen-bond acceptors (Lipinski definition) is 6. The first-order valence-electron chi connectivity index (χ1n) is 11.8. The largest absolute Gasteiger partial charge is 0.746 e. The highest BCUT2D eigenvalue weighted by Gasteiger charge is 2.76. The number of ether oxygens (including phenoxy) is 1. The van der Waals surface area contributed by atoms with Crippen molar-refractivity contribution in [1.82, 2.24) is 0 Å². The molecule has 8 heteroatoms. The second-order valence-electron chi connectivity index (χ2n) is 9.61. The van der Waals surface area contributed by atoms with Crippen molar-refractivity contribution in [3.8, 4) is 5.75 Å². The number of phosphoric acid groups is 1. The zero-order chi connectivity index (χ0) is 22.6. The van der Waals surface area contributed by atoms with Crippen molar-refractivity contribution in [1.29, 1.82) is 0 Å². The maximum Gasteiger partial charge on any atom is 0.317 e. The van der Waals surface area contributed by atoms with E-state index in [1.54, 1.807) is 30.4 Å². The Morgan fingerprint density at radius 1 is 1.19 bits per heavy atom. The summed E-state index contributed by atoms with van der Waals surface area (Å²) in [6.07, 6.45) is 10.2. The summed E-state index contributed by atoms with van der Waals surface area (Å²) in [6, 6.07) is 6.60. The maximum atomic E-state index is 11.3. The Morgan fingerprint density at radius 3 is 2.62 bits per heavy atom. The van der Waals surface area contributed by atoms with E-state index in [1.807, 2.05) is 6.07 Å². The highest BCUT2D eigenvalue weighted by atomic mass is 31.2. The number of benzene rings is 1. The highest BCUT2D eigenvalue weighted by molar-refractivity contribution is 7.45. The second kappa shape index (κ2) is 8.23. The Labute approximate surface area is 189 Å². The van der Waals surface area contributed by atoms with Gasteiger partial charge in [-0.2, -0.15) is 4.89 Å². The molecule has 1 saturated heterocycles. The summed E-state index contributed by atoms with van der Waals surface area (Å²) in [5.74, 6) is -0.212. The zero-order valence-corrected chi connectivity index (χ0v) is 19.6. The first-order chi connectivity index (χ1) is 15.4. The van der Waals surface area contributed by atoms with Crippen LogP contribution in [0.3, 0.4) is 0 Å². The van der Waals surface area contributed by atoms with Crippen LogP contribution in [0.2, 0.25) is 0 Å². The molecule has 0 radical (unpaired) electrons. The van der Waals surface area contributed by atoms with Crippen LogP contribution in [-0.4, -0.2) is 17.6 Å². The van der Waals surface area contributed by atoms with E-state index in [4.69, 9.17) is 19.0 Å². The molecule has 1 aliphatic heterocycles. The molecule has 4 aliphatic rings. The molecule has 2 fully saturated rings. The molecule has 3 aliphatic carbocycles. The molecule has 1 heterocycles. The minimum atomic E-state index is -4.93. The highest BCUT2D eigenvalue weighted by Crippen LogP contribution is 2.68. The molecule has 1 saturated carbocycles. The lowest BCUT2D eigenvalue weighted by atomic mass is 9.49. The summed E-state index contributed by atoms with van der Waals surface area (Å²) in [5, 5.41) is 0. The van der Waals surface area contributed by atoms with Crippen molar-refractivity contribution in [2.75, 3.05) is 7.11 Å². The van der Waals surface area contributed by atoms with Crippen LogP contribution in [-0.2, 0) is 24.9 Å². The monoisotopic (exact) mass is 463 g/mol. The summed E-state index contributed by atoms with van der Waals surface area (Å²) in [4.78, 5) is 32.5. The van der Waals surface area contributed by atoms with Crippen LogP contribution in [0.1, 0.15) is 70.3 Å². The maximum absolute atomic E-state index is 11.3. The number of methoxy groups -OCH3 is 1. The molecule has 6 atom stereocenters. The predicted molar refractivity (Wildman–Crippen MR) is 115 cm³/mol. The van der Waals surface area contributed by atoms with Gasteiger partial charge in [0, 0.05) is 24.5 Å². The second-order valence-corrected chi connectivity index (χ2v) is 10.7. The quantitative estimate of drug-likeness (QED) is 0.370. The molecule has 176 valence electrons. The summed E-state index contributed by atoms with van der Waals surface area (Å²) in [5.41, 5.74) is 3.18. The first kappa shape index (κ1) is 22.6. The molecule has 1 spiro atoms. The van der Waals surface area contributed by atoms with E-state index >= 15 is 0 Å². The average molecular weight is 463 g/mol. The van der Waals surface area contributed by atoms with Gasteiger partial charge in [0.05, 0.1) is 0 Å². The van der Waals surface area contributed by atoms with Crippen molar-refractivity contribution in [2.24, 2.45) is 17.8 Å². The predicted octanol–water partition coefficient (Wildman–Crippen LogP) is 4.74. The third-order valence-corrected chi connectivity index (χ3v) is 8.56. The molecule has 0 amide bonds. The molecular weight excluding hydrogens is 431 g/mol. The van der Waals surface area contributed by atoms with Gasteiger partial charge >= 0.3 is 7.82 Å². The van der Waals surface area contributed by atoms with Gasteiger partial charge in [0.25, 0.3) is 5.79 Å². The smallest absolute Gasteiger partial charge is 0.317 e. The molecule has 6 unspecified atom stereocenters. The third-order valence-electron chi connectivity index (χ3n) is 8.12. The van der Waals surface area contributed by atoms with Crippen molar-refractivity contribution in [3.63, 3.8) is 0 Å². The van der Waals surface area contributed by atoms with E-state index in [-0.39, 0.29) is 17.6 Å². The lowest BCUT2D eigenvalue weighted by Gasteiger charge is -2.67. The standard InChI is InChI=1S/C24H33O7P/c1-3-8-19-18-11-4-5-12-20(18)22-14-7-13-21(19)23(22)24(28-2,31-30-23)16-9-6-10-17(15-16)29-32(25,26)27/h6,9-10,15,19,21-22H,3-5,7-8,11-14H2,1-2H3,(H2,25,26,27)/p-1. The number of phosphoric ester groups is 1. The molecule has 5 rings (SSSR count). The fourth-order valence-corrected chi connectivity index (χ4v) is 7.53. The Bertz CT molecular complexity index is 951. The zero-order valence-electron chi connectivity index (χ0n) is 18.7. The van der Waals surface area contributed by atoms with Crippen LogP contribution in [0.5, 0.6) is 5.75 Å². The van der Waals surface area contributed by atoms with Gasteiger partial charge in [0.15, 0.2) is 5.60 Å². The number of allylic oxidation sites excluding steroid dienone is 1. The lowest BCUT2D eigenvalue weighted by molar-refractivity contribution is -0.640. The Kier molecular flexibility index (Phi) is 5.80. The molecular formula is C24H32O7P-. The topological polar surface area (TPSA) is 97.3 Å². The number of hydrogen-bond donors (Lipinski definition) is 1. The van der Waals surface area contributed by atoms with Crippen molar-refractivity contribution >= 4 is 7.82 Å².